The Morgan fingerprint density at radius 1 is 1.44 bits per heavy atom. The smallest absolute Gasteiger partial charge is 0.128 e. The lowest BCUT2D eigenvalue weighted by molar-refractivity contribution is -0.0228. The summed E-state index contributed by atoms with van der Waals surface area (Å²) < 4.78 is 1.88. The minimum absolute atomic E-state index is 0.512. The van der Waals surface area contributed by atoms with Crippen molar-refractivity contribution in [1.29, 1.82) is 0 Å². The van der Waals surface area contributed by atoms with Gasteiger partial charge in [-0.3, -0.25) is 4.90 Å². The molecule has 1 aromatic rings. The fourth-order valence-electron chi connectivity index (χ4n) is 2.74. The summed E-state index contributed by atoms with van der Waals surface area (Å²) in [6, 6.07) is 0. The lowest BCUT2D eigenvalue weighted by Gasteiger charge is -2.35. The van der Waals surface area contributed by atoms with Crippen LogP contribution in [0.3, 0.4) is 0 Å². The van der Waals surface area contributed by atoms with Crippen molar-refractivity contribution in [3.63, 3.8) is 0 Å². The van der Waals surface area contributed by atoms with Crippen LogP contribution in [0.2, 0.25) is 5.15 Å². The molecule has 4 nitrogen and oxygen atoms in total. The number of likely N-dealkylation sites (N-methyl/N-ethyl adjacent to an activating group) is 1. The summed E-state index contributed by atoms with van der Waals surface area (Å²) in [6.45, 7) is 1.42. The highest BCUT2D eigenvalue weighted by molar-refractivity contribution is 6.29. The first-order chi connectivity index (χ1) is 8.50. The van der Waals surface area contributed by atoms with Gasteiger partial charge in [-0.25, -0.2) is 4.98 Å². The Morgan fingerprint density at radius 2 is 2.11 bits per heavy atom. The van der Waals surface area contributed by atoms with Crippen LogP contribution in [0, 0.1) is 0 Å². The third kappa shape index (κ3) is 3.25. The summed E-state index contributed by atoms with van der Waals surface area (Å²) in [4.78, 5) is 6.41. The molecule has 0 saturated heterocycles. The van der Waals surface area contributed by atoms with Crippen molar-refractivity contribution in [1.82, 2.24) is 14.5 Å². The molecule has 1 fully saturated rings. The lowest BCUT2D eigenvalue weighted by Crippen LogP contribution is -2.42. The summed E-state index contributed by atoms with van der Waals surface area (Å²) in [5, 5.41) is 11.1. The summed E-state index contributed by atoms with van der Waals surface area (Å²) in [7, 11) is 3.93. The predicted octanol–water partition coefficient (Wildman–Crippen LogP) is 2.20. The first-order valence-corrected chi connectivity index (χ1v) is 6.95. The zero-order valence-corrected chi connectivity index (χ0v) is 11.9. The van der Waals surface area contributed by atoms with Crippen LogP contribution in [0.5, 0.6) is 0 Å². The zero-order chi connectivity index (χ0) is 13.2. The van der Waals surface area contributed by atoms with Gasteiger partial charge in [0, 0.05) is 13.6 Å². The molecule has 0 unspecified atom stereocenters. The number of rotatable bonds is 4. The van der Waals surface area contributed by atoms with Crippen LogP contribution in [-0.2, 0) is 13.6 Å². The van der Waals surface area contributed by atoms with Gasteiger partial charge in [0.25, 0.3) is 0 Å². The van der Waals surface area contributed by atoms with Gasteiger partial charge in [-0.2, -0.15) is 0 Å². The second-order valence-corrected chi connectivity index (χ2v) is 5.90. The van der Waals surface area contributed by atoms with Crippen molar-refractivity contribution < 1.29 is 5.11 Å². The predicted molar refractivity (Wildman–Crippen MR) is 72.6 cm³/mol. The molecule has 5 heteroatoms. The molecule has 1 N–H and O–H groups in total. The molecule has 0 amide bonds. The Hall–Kier alpha value is -0.580. The molecule has 1 aliphatic rings. The quantitative estimate of drug-likeness (QED) is 0.913. The van der Waals surface area contributed by atoms with E-state index in [0.29, 0.717) is 18.2 Å². The Balaban J connectivity index is 1.92. The van der Waals surface area contributed by atoms with Gasteiger partial charge in [-0.1, -0.05) is 30.9 Å². The molecule has 18 heavy (non-hydrogen) atoms. The molecule has 2 rings (SSSR count). The van der Waals surface area contributed by atoms with Crippen LogP contribution in [-0.4, -0.2) is 38.8 Å². The van der Waals surface area contributed by atoms with E-state index in [1.165, 1.54) is 6.42 Å². The Morgan fingerprint density at radius 3 is 2.67 bits per heavy atom. The first-order valence-electron chi connectivity index (χ1n) is 6.57. The maximum atomic E-state index is 10.5. The van der Waals surface area contributed by atoms with Gasteiger partial charge >= 0.3 is 0 Å². The Labute approximate surface area is 114 Å². The van der Waals surface area contributed by atoms with Crippen molar-refractivity contribution in [2.75, 3.05) is 13.6 Å². The molecular formula is C13H22ClN3O. The highest BCUT2D eigenvalue weighted by atomic mass is 35.5. The van der Waals surface area contributed by atoms with E-state index in [9.17, 15) is 5.11 Å². The number of imidazole rings is 1. The van der Waals surface area contributed by atoms with Crippen molar-refractivity contribution in [2.24, 2.45) is 7.05 Å². The van der Waals surface area contributed by atoms with Gasteiger partial charge in [0.1, 0.15) is 11.0 Å². The normalized spacial score (nSPS) is 19.4. The zero-order valence-electron chi connectivity index (χ0n) is 11.2. The molecule has 0 spiro atoms. The maximum absolute atomic E-state index is 10.5. The van der Waals surface area contributed by atoms with Gasteiger partial charge in [-0.05, 0) is 19.9 Å². The molecule has 0 aliphatic heterocycles. The van der Waals surface area contributed by atoms with Crippen LogP contribution in [0.1, 0.15) is 37.9 Å². The number of hydrogen-bond donors (Lipinski definition) is 1. The molecule has 1 saturated carbocycles. The van der Waals surface area contributed by atoms with Crippen molar-refractivity contribution in [3.05, 3.63) is 17.2 Å². The van der Waals surface area contributed by atoms with Crippen LogP contribution in [0.4, 0.5) is 0 Å². The van der Waals surface area contributed by atoms with Crippen LogP contribution in [0.15, 0.2) is 6.20 Å². The topological polar surface area (TPSA) is 41.3 Å². The number of halogens is 1. The lowest BCUT2D eigenvalue weighted by atomic mass is 9.84. The molecule has 0 aromatic carbocycles. The highest BCUT2D eigenvalue weighted by Crippen LogP contribution is 2.28. The minimum atomic E-state index is -0.512. The van der Waals surface area contributed by atoms with Gasteiger partial charge in [-0.15, -0.1) is 0 Å². The first kappa shape index (κ1) is 13.8. The van der Waals surface area contributed by atoms with E-state index in [1.807, 2.05) is 18.7 Å². The molecule has 0 radical (unpaired) electrons. The van der Waals surface area contributed by atoms with Crippen LogP contribution < -0.4 is 0 Å². The summed E-state index contributed by atoms with van der Waals surface area (Å²) >= 11 is 5.96. The maximum Gasteiger partial charge on any atom is 0.128 e. The van der Waals surface area contributed by atoms with Crippen molar-refractivity contribution in [2.45, 2.75) is 44.2 Å². The number of aromatic nitrogens is 2. The molecule has 1 heterocycles. The van der Waals surface area contributed by atoms with Gasteiger partial charge < -0.3 is 9.67 Å². The minimum Gasteiger partial charge on any atom is -0.389 e. The van der Waals surface area contributed by atoms with E-state index < -0.39 is 5.60 Å². The summed E-state index contributed by atoms with van der Waals surface area (Å²) in [6.07, 6.45) is 7.02. The van der Waals surface area contributed by atoms with Crippen LogP contribution >= 0.6 is 11.6 Å². The molecule has 0 bridgehead atoms. The fourth-order valence-corrected chi connectivity index (χ4v) is 2.89. The fraction of sp³-hybridized carbons (Fsp3) is 0.769. The molecule has 1 aromatic heterocycles. The largest absolute Gasteiger partial charge is 0.389 e. The molecule has 0 atom stereocenters. The SMILES string of the molecule is CN(Cc1ncc(Cl)n1C)CC1(O)CCCCC1. The average molecular weight is 272 g/mol. The third-order valence-corrected chi connectivity index (χ3v) is 4.14. The standard InChI is InChI=1S/C13H22ClN3O/c1-16(9-12-15-8-11(14)17(12)2)10-13(18)6-4-3-5-7-13/h8,18H,3-7,9-10H2,1-2H3. The van der Waals surface area contributed by atoms with Crippen molar-refractivity contribution >= 4 is 11.6 Å². The summed E-state index contributed by atoms with van der Waals surface area (Å²) in [5.41, 5.74) is -0.512. The van der Waals surface area contributed by atoms with E-state index in [1.54, 1.807) is 6.20 Å². The Bertz CT molecular complexity index is 399. The van der Waals surface area contributed by atoms with E-state index in [-0.39, 0.29) is 0 Å². The second kappa shape index (κ2) is 5.59. The highest BCUT2D eigenvalue weighted by Gasteiger charge is 2.30. The monoisotopic (exact) mass is 271 g/mol. The number of hydrogen-bond acceptors (Lipinski definition) is 3. The second-order valence-electron chi connectivity index (χ2n) is 5.51. The van der Waals surface area contributed by atoms with Gasteiger partial charge in [0.05, 0.1) is 18.3 Å². The average Bonchev–Trinajstić information content (AvgIpc) is 2.61. The van der Waals surface area contributed by atoms with Crippen LogP contribution in [0.25, 0.3) is 0 Å². The van der Waals surface area contributed by atoms with E-state index in [4.69, 9.17) is 11.6 Å². The van der Waals surface area contributed by atoms with Gasteiger partial charge in [0.15, 0.2) is 0 Å². The number of nitrogens with zero attached hydrogens (tertiary/aromatic N) is 3. The van der Waals surface area contributed by atoms with E-state index >= 15 is 0 Å². The Kier molecular flexibility index (Phi) is 4.30. The molecular weight excluding hydrogens is 250 g/mol. The third-order valence-electron chi connectivity index (χ3n) is 3.79. The van der Waals surface area contributed by atoms with E-state index in [0.717, 1.165) is 31.5 Å². The number of aliphatic hydroxyl groups is 1. The van der Waals surface area contributed by atoms with E-state index in [2.05, 4.69) is 9.88 Å². The summed E-state index contributed by atoms with van der Waals surface area (Å²) in [5.74, 6) is 0.932. The van der Waals surface area contributed by atoms with Gasteiger partial charge in [0.2, 0.25) is 0 Å². The molecule has 102 valence electrons. The van der Waals surface area contributed by atoms with Crippen molar-refractivity contribution in [3.8, 4) is 0 Å². The molecule has 1 aliphatic carbocycles.